The van der Waals surface area contributed by atoms with Gasteiger partial charge in [-0.1, -0.05) is 139 Å². The second kappa shape index (κ2) is 18.5. The highest BCUT2D eigenvalue weighted by molar-refractivity contribution is 5.75. The number of nitrogens with zero attached hydrogens (tertiary/aromatic N) is 3. The van der Waals surface area contributed by atoms with E-state index in [-0.39, 0.29) is 5.97 Å². The number of carbonyl (C=O) groups is 1. The molecule has 0 spiro atoms. The van der Waals surface area contributed by atoms with Gasteiger partial charge in [-0.3, -0.25) is 0 Å². The molecule has 0 unspecified atom stereocenters. The van der Waals surface area contributed by atoms with E-state index in [0.29, 0.717) is 6.42 Å². The predicted molar refractivity (Wildman–Crippen MR) is 137 cm³/mol. The highest BCUT2D eigenvalue weighted by Crippen LogP contribution is 2.15. The van der Waals surface area contributed by atoms with Crippen molar-refractivity contribution in [2.24, 2.45) is 0 Å². The fourth-order valence-electron chi connectivity index (χ4n) is 4.40. The van der Waals surface area contributed by atoms with Gasteiger partial charge in [0.2, 0.25) is 0 Å². The van der Waals surface area contributed by atoms with E-state index in [9.17, 15) is 4.79 Å². The van der Waals surface area contributed by atoms with Gasteiger partial charge in [0, 0.05) is 6.42 Å². The summed E-state index contributed by atoms with van der Waals surface area (Å²) in [6.07, 6.45) is 26.1. The van der Waals surface area contributed by atoms with Gasteiger partial charge < -0.3 is 4.84 Å². The van der Waals surface area contributed by atoms with E-state index in [2.05, 4.69) is 17.2 Å². The molecule has 0 radical (unpaired) electrons. The number of rotatable bonds is 21. The monoisotopic (exact) mass is 457 g/mol. The van der Waals surface area contributed by atoms with E-state index in [1.807, 2.05) is 24.3 Å². The molecule has 0 N–H and O–H groups in total. The van der Waals surface area contributed by atoms with Crippen molar-refractivity contribution in [3.63, 3.8) is 0 Å². The van der Waals surface area contributed by atoms with Gasteiger partial charge in [0.1, 0.15) is 11.0 Å². The summed E-state index contributed by atoms with van der Waals surface area (Å²) in [6, 6.07) is 7.47. The standard InChI is InChI=1S/C28H47N3O2/c1-2-3-4-5-6-7-8-9-10-11-12-13-14-15-16-17-18-19-20-25-28(32)33-31-27-24-22-21-23-26(27)29-30-31/h21-24H,2-20,25H2,1H3. The normalized spacial score (nSPS) is 11.3. The average molecular weight is 458 g/mol. The van der Waals surface area contributed by atoms with E-state index >= 15 is 0 Å². The molecule has 186 valence electrons. The van der Waals surface area contributed by atoms with Crippen LogP contribution in [0.2, 0.25) is 0 Å². The Labute approximate surface area is 201 Å². The Bertz CT molecular complexity index is 744. The van der Waals surface area contributed by atoms with Crippen LogP contribution in [0.15, 0.2) is 24.3 Å². The van der Waals surface area contributed by atoms with Gasteiger partial charge in [0.05, 0.1) is 0 Å². The number of aromatic nitrogens is 3. The zero-order valence-electron chi connectivity index (χ0n) is 21.1. The molecule has 1 heterocycles. The number of fused-ring (bicyclic) bond motifs is 1. The van der Waals surface area contributed by atoms with Crippen molar-refractivity contribution >= 4 is 17.0 Å². The first kappa shape index (κ1) is 27.3. The summed E-state index contributed by atoms with van der Waals surface area (Å²) in [5.74, 6) is -0.238. The van der Waals surface area contributed by atoms with Crippen LogP contribution in [0, 0.1) is 0 Å². The first-order valence-electron chi connectivity index (χ1n) is 13.8. The van der Waals surface area contributed by atoms with E-state index in [4.69, 9.17) is 4.84 Å². The van der Waals surface area contributed by atoms with Crippen molar-refractivity contribution in [2.75, 3.05) is 0 Å². The third kappa shape index (κ3) is 12.8. The van der Waals surface area contributed by atoms with E-state index < -0.39 is 0 Å². The minimum Gasteiger partial charge on any atom is -0.317 e. The number of hydrogen-bond donors (Lipinski definition) is 0. The largest absolute Gasteiger partial charge is 0.335 e. The summed E-state index contributed by atoms with van der Waals surface area (Å²) < 4.78 is 0. The lowest BCUT2D eigenvalue weighted by atomic mass is 10.0. The first-order valence-corrected chi connectivity index (χ1v) is 13.8. The molecular formula is C28H47N3O2. The number of benzene rings is 1. The molecular weight excluding hydrogens is 410 g/mol. The van der Waals surface area contributed by atoms with Gasteiger partial charge in [-0.25, -0.2) is 4.79 Å². The fraction of sp³-hybridized carbons (Fsp3) is 0.750. The van der Waals surface area contributed by atoms with Crippen LogP contribution in [0.25, 0.3) is 11.0 Å². The summed E-state index contributed by atoms with van der Waals surface area (Å²) in [5, 5.41) is 7.89. The molecule has 0 bridgehead atoms. The molecule has 0 fully saturated rings. The molecule has 33 heavy (non-hydrogen) atoms. The van der Waals surface area contributed by atoms with Gasteiger partial charge in [-0.2, -0.15) is 0 Å². The van der Waals surface area contributed by atoms with Crippen molar-refractivity contribution in [3.8, 4) is 0 Å². The van der Waals surface area contributed by atoms with Crippen molar-refractivity contribution in [1.82, 2.24) is 15.2 Å². The van der Waals surface area contributed by atoms with E-state index in [0.717, 1.165) is 23.9 Å². The zero-order valence-corrected chi connectivity index (χ0v) is 21.1. The highest BCUT2D eigenvalue weighted by atomic mass is 16.7. The minimum atomic E-state index is -0.238. The highest BCUT2D eigenvalue weighted by Gasteiger charge is 2.09. The number of unbranched alkanes of at least 4 members (excludes halogenated alkanes) is 18. The van der Waals surface area contributed by atoms with Gasteiger partial charge in [-0.15, -0.1) is 5.10 Å². The van der Waals surface area contributed by atoms with Crippen LogP contribution in [0.5, 0.6) is 0 Å². The SMILES string of the molecule is CCCCCCCCCCCCCCCCCCCCCC(=O)On1nnc2ccccc21. The lowest BCUT2D eigenvalue weighted by Crippen LogP contribution is -2.20. The molecule has 0 atom stereocenters. The van der Waals surface area contributed by atoms with Crippen molar-refractivity contribution in [1.29, 1.82) is 0 Å². The Morgan fingerprint density at radius 3 is 1.67 bits per heavy atom. The van der Waals surface area contributed by atoms with Crippen LogP contribution >= 0.6 is 0 Å². The van der Waals surface area contributed by atoms with Crippen molar-refractivity contribution in [3.05, 3.63) is 24.3 Å². The summed E-state index contributed by atoms with van der Waals surface area (Å²) in [5.41, 5.74) is 1.45. The topological polar surface area (TPSA) is 57.0 Å². The minimum absolute atomic E-state index is 0.238. The molecule has 1 aromatic carbocycles. The maximum atomic E-state index is 12.0. The Hall–Kier alpha value is -1.91. The Morgan fingerprint density at radius 2 is 1.15 bits per heavy atom. The third-order valence-corrected chi connectivity index (χ3v) is 6.49. The van der Waals surface area contributed by atoms with Gasteiger partial charge in [0.15, 0.2) is 0 Å². The number of hydrogen-bond acceptors (Lipinski definition) is 4. The lowest BCUT2D eigenvalue weighted by molar-refractivity contribution is -0.145. The molecule has 0 saturated heterocycles. The Kier molecular flexibility index (Phi) is 15.3. The smallest absolute Gasteiger partial charge is 0.317 e. The van der Waals surface area contributed by atoms with E-state index in [1.54, 1.807) is 0 Å². The van der Waals surface area contributed by atoms with Crippen LogP contribution in [0.1, 0.15) is 135 Å². The van der Waals surface area contributed by atoms with Crippen molar-refractivity contribution < 1.29 is 9.63 Å². The molecule has 0 aliphatic heterocycles. The van der Waals surface area contributed by atoms with Gasteiger partial charge in [-0.05, 0) is 23.8 Å². The third-order valence-electron chi connectivity index (χ3n) is 6.49. The molecule has 5 heteroatoms. The van der Waals surface area contributed by atoms with Crippen LogP contribution in [0.4, 0.5) is 0 Å². The van der Waals surface area contributed by atoms with Crippen LogP contribution in [-0.2, 0) is 4.79 Å². The van der Waals surface area contributed by atoms with Crippen LogP contribution in [0.3, 0.4) is 0 Å². The second-order valence-electron chi connectivity index (χ2n) is 9.53. The second-order valence-corrected chi connectivity index (χ2v) is 9.53. The van der Waals surface area contributed by atoms with Crippen LogP contribution in [-0.4, -0.2) is 21.1 Å². The van der Waals surface area contributed by atoms with Crippen LogP contribution < -0.4 is 4.84 Å². The Balaban J connectivity index is 1.30. The molecule has 2 rings (SSSR count). The lowest BCUT2D eigenvalue weighted by Gasteiger charge is -2.04. The first-order chi connectivity index (χ1) is 16.3. The molecule has 0 aliphatic carbocycles. The average Bonchev–Trinajstić information content (AvgIpc) is 3.23. The maximum absolute atomic E-state index is 12.0. The van der Waals surface area contributed by atoms with Gasteiger partial charge in [0.25, 0.3) is 0 Å². The number of para-hydroxylation sites is 1. The molecule has 2 aromatic rings. The summed E-state index contributed by atoms with van der Waals surface area (Å²) in [4.78, 5) is 18.6. The van der Waals surface area contributed by atoms with Gasteiger partial charge >= 0.3 is 5.97 Å². The van der Waals surface area contributed by atoms with E-state index in [1.165, 1.54) is 114 Å². The summed E-state index contributed by atoms with van der Waals surface area (Å²) in [7, 11) is 0. The molecule has 0 aliphatic rings. The molecule has 0 amide bonds. The molecule has 5 nitrogen and oxygen atoms in total. The predicted octanol–water partition coefficient (Wildman–Crippen LogP) is 8.21. The summed E-state index contributed by atoms with van der Waals surface area (Å²) in [6.45, 7) is 2.29. The fourth-order valence-corrected chi connectivity index (χ4v) is 4.40. The molecule has 0 saturated carbocycles. The summed E-state index contributed by atoms with van der Waals surface area (Å²) >= 11 is 0. The quantitative estimate of drug-likeness (QED) is 0.140. The Morgan fingerprint density at radius 1 is 0.697 bits per heavy atom. The zero-order chi connectivity index (χ0) is 23.4. The molecule has 1 aromatic heterocycles. The maximum Gasteiger partial charge on any atom is 0.335 e. The van der Waals surface area contributed by atoms with Crippen molar-refractivity contribution in [2.45, 2.75) is 135 Å². The number of carbonyl (C=O) groups excluding carboxylic acids is 1.